The standard InChI is InChI=1S/C16H15N3O3S/c1-3-17-16(20)22-11-5-6-12-13(8-11)23-15(19-12)10-4-7-14(21-2)18-9-10/h4-9H,3H2,1-2H3,(H,17,20). The van der Waals surface area contributed by atoms with Crippen LogP contribution in [0.4, 0.5) is 4.79 Å². The third-order valence-electron chi connectivity index (χ3n) is 3.08. The number of hydrogen-bond acceptors (Lipinski definition) is 6. The Bertz CT molecular complexity index is 830. The van der Waals surface area contributed by atoms with Crippen molar-refractivity contribution >= 4 is 27.6 Å². The molecule has 1 amide bonds. The molecule has 23 heavy (non-hydrogen) atoms. The highest BCUT2D eigenvalue weighted by Gasteiger charge is 2.09. The summed E-state index contributed by atoms with van der Waals surface area (Å²) in [6, 6.07) is 9.08. The highest BCUT2D eigenvalue weighted by Crippen LogP contribution is 2.32. The Morgan fingerprint density at radius 2 is 2.17 bits per heavy atom. The van der Waals surface area contributed by atoms with Gasteiger partial charge in [-0.3, -0.25) is 0 Å². The molecule has 1 aromatic carbocycles. The molecule has 0 fully saturated rings. The Morgan fingerprint density at radius 3 is 2.87 bits per heavy atom. The van der Waals surface area contributed by atoms with Crippen molar-refractivity contribution in [3.05, 3.63) is 36.5 Å². The zero-order valence-corrected chi connectivity index (χ0v) is 13.5. The number of carbonyl (C=O) groups excluding carboxylic acids is 1. The van der Waals surface area contributed by atoms with Crippen LogP contribution in [0.1, 0.15) is 6.92 Å². The second kappa shape index (κ2) is 6.62. The predicted octanol–water partition coefficient (Wildman–Crippen LogP) is 3.48. The van der Waals surface area contributed by atoms with Crippen LogP contribution in [0.15, 0.2) is 36.5 Å². The average Bonchev–Trinajstić information content (AvgIpc) is 2.98. The van der Waals surface area contributed by atoms with Crippen LogP contribution in [-0.2, 0) is 0 Å². The topological polar surface area (TPSA) is 73.3 Å². The molecule has 0 spiro atoms. The van der Waals surface area contributed by atoms with Gasteiger partial charge < -0.3 is 14.8 Å². The molecule has 6 nitrogen and oxygen atoms in total. The SMILES string of the molecule is CCNC(=O)Oc1ccc2nc(-c3ccc(OC)nc3)sc2c1. The summed E-state index contributed by atoms with van der Waals surface area (Å²) in [6.07, 6.45) is 1.26. The number of carbonyl (C=O) groups is 1. The summed E-state index contributed by atoms with van der Waals surface area (Å²) in [5.74, 6) is 1.05. The second-order valence-electron chi connectivity index (χ2n) is 4.66. The Balaban J connectivity index is 1.87. The molecule has 1 N–H and O–H groups in total. The number of pyridine rings is 1. The summed E-state index contributed by atoms with van der Waals surface area (Å²) in [7, 11) is 1.58. The van der Waals surface area contributed by atoms with Crippen LogP contribution in [0.5, 0.6) is 11.6 Å². The first-order chi connectivity index (χ1) is 11.2. The zero-order chi connectivity index (χ0) is 16.2. The Labute approximate surface area is 137 Å². The van der Waals surface area contributed by atoms with Crippen molar-refractivity contribution < 1.29 is 14.3 Å². The minimum atomic E-state index is -0.462. The van der Waals surface area contributed by atoms with Crippen LogP contribution in [0.2, 0.25) is 0 Å². The number of benzene rings is 1. The van der Waals surface area contributed by atoms with Gasteiger partial charge in [0.15, 0.2) is 0 Å². The minimum absolute atomic E-state index is 0.462. The molecule has 3 aromatic rings. The number of thiazole rings is 1. The van der Waals surface area contributed by atoms with Gasteiger partial charge in [-0.05, 0) is 25.1 Å². The number of methoxy groups -OCH3 is 1. The van der Waals surface area contributed by atoms with Crippen LogP contribution in [0.25, 0.3) is 20.8 Å². The first-order valence-electron chi connectivity index (χ1n) is 7.06. The van der Waals surface area contributed by atoms with Crippen LogP contribution < -0.4 is 14.8 Å². The predicted molar refractivity (Wildman–Crippen MR) is 89.1 cm³/mol. The molecule has 0 aliphatic heterocycles. The van der Waals surface area contributed by atoms with E-state index in [4.69, 9.17) is 9.47 Å². The molecule has 0 unspecified atom stereocenters. The third kappa shape index (κ3) is 3.40. The lowest BCUT2D eigenvalue weighted by molar-refractivity contribution is 0.201. The van der Waals surface area contributed by atoms with Crippen molar-refractivity contribution in [1.29, 1.82) is 0 Å². The minimum Gasteiger partial charge on any atom is -0.481 e. The highest BCUT2D eigenvalue weighted by atomic mass is 32.1. The average molecular weight is 329 g/mol. The van der Waals surface area contributed by atoms with E-state index in [0.29, 0.717) is 18.2 Å². The summed E-state index contributed by atoms with van der Waals surface area (Å²) in [4.78, 5) is 20.2. The van der Waals surface area contributed by atoms with E-state index >= 15 is 0 Å². The highest BCUT2D eigenvalue weighted by molar-refractivity contribution is 7.21. The fourth-order valence-corrected chi connectivity index (χ4v) is 2.99. The maximum absolute atomic E-state index is 11.5. The summed E-state index contributed by atoms with van der Waals surface area (Å²) >= 11 is 1.51. The van der Waals surface area contributed by atoms with Crippen molar-refractivity contribution in [3.63, 3.8) is 0 Å². The van der Waals surface area contributed by atoms with Gasteiger partial charge in [-0.1, -0.05) is 0 Å². The molecule has 0 saturated heterocycles. The first kappa shape index (κ1) is 15.2. The summed E-state index contributed by atoms with van der Waals surface area (Å²) in [5, 5.41) is 3.44. The molecule has 3 rings (SSSR count). The molecule has 0 atom stereocenters. The van der Waals surface area contributed by atoms with Crippen molar-refractivity contribution in [2.75, 3.05) is 13.7 Å². The Hall–Kier alpha value is -2.67. The van der Waals surface area contributed by atoms with E-state index in [-0.39, 0.29) is 0 Å². The van der Waals surface area contributed by atoms with Crippen LogP contribution >= 0.6 is 11.3 Å². The lowest BCUT2D eigenvalue weighted by Gasteiger charge is -2.03. The zero-order valence-electron chi connectivity index (χ0n) is 12.7. The lowest BCUT2D eigenvalue weighted by atomic mass is 10.3. The van der Waals surface area contributed by atoms with Gasteiger partial charge in [0.25, 0.3) is 0 Å². The number of hydrogen-bond donors (Lipinski definition) is 1. The Kier molecular flexibility index (Phi) is 4.38. The van der Waals surface area contributed by atoms with Crippen molar-refractivity contribution in [2.45, 2.75) is 6.92 Å². The quantitative estimate of drug-likeness (QED) is 0.793. The lowest BCUT2D eigenvalue weighted by Crippen LogP contribution is -2.26. The molecule has 2 aromatic heterocycles. The molecule has 118 valence electrons. The molecule has 0 saturated carbocycles. The van der Waals surface area contributed by atoms with Crippen molar-refractivity contribution in [2.24, 2.45) is 0 Å². The number of rotatable bonds is 4. The molecule has 0 aliphatic carbocycles. The Morgan fingerprint density at radius 1 is 1.30 bits per heavy atom. The maximum Gasteiger partial charge on any atom is 0.412 e. The second-order valence-corrected chi connectivity index (χ2v) is 5.69. The number of aromatic nitrogens is 2. The molecule has 7 heteroatoms. The molecule has 2 heterocycles. The number of fused-ring (bicyclic) bond motifs is 1. The summed E-state index contributed by atoms with van der Waals surface area (Å²) in [5.41, 5.74) is 1.77. The number of nitrogens with one attached hydrogen (secondary N) is 1. The molecule has 0 radical (unpaired) electrons. The first-order valence-corrected chi connectivity index (χ1v) is 7.88. The number of ether oxygens (including phenoxy) is 2. The normalized spacial score (nSPS) is 10.5. The van der Waals surface area contributed by atoms with E-state index in [9.17, 15) is 4.79 Å². The van der Waals surface area contributed by atoms with Crippen LogP contribution in [0.3, 0.4) is 0 Å². The molecular weight excluding hydrogens is 314 g/mol. The van der Waals surface area contributed by atoms with E-state index in [1.807, 2.05) is 25.1 Å². The van der Waals surface area contributed by atoms with Gasteiger partial charge in [0.1, 0.15) is 10.8 Å². The molecular formula is C16H15N3O3S. The molecule has 0 aliphatic rings. The van der Waals surface area contributed by atoms with E-state index in [0.717, 1.165) is 20.8 Å². The van der Waals surface area contributed by atoms with E-state index in [1.54, 1.807) is 25.4 Å². The van der Waals surface area contributed by atoms with Gasteiger partial charge in [-0.2, -0.15) is 0 Å². The van der Waals surface area contributed by atoms with Gasteiger partial charge in [0.2, 0.25) is 5.88 Å². The maximum atomic E-state index is 11.5. The van der Waals surface area contributed by atoms with Crippen LogP contribution in [-0.4, -0.2) is 29.7 Å². The monoisotopic (exact) mass is 329 g/mol. The number of nitrogens with zero attached hydrogens (tertiary/aromatic N) is 2. The summed E-state index contributed by atoms with van der Waals surface area (Å²) < 4.78 is 11.2. The smallest absolute Gasteiger partial charge is 0.412 e. The van der Waals surface area contributed by atoms with Gasteiger partial charge in [-0.15, -0.1) is 11.3 Å². The van der Waals surface area contributed by atoms with Gasteiger partial charge in [-0.25, -0.2) is 14.8 Å². The van der Waals surface area contributed by atoms with Crippen LogP contribution in [0, 0.1) is 0 Å². The third-order valence-corrected chi connectivity index (χ3v) is 4.15. The van der Waals surface area contributed by atoms with Gasteiger partial charge in [0.05, 0.1) is 17.3 Å². The van der Waals surface area contributed by atoms with E-state index in [2.05, 4.69) is 15.3 Å². The number of amides is 1. The fraction of sp³-hybridized carbons (Fsp3) is 0.188. The van der Waals surface area contributed by atoms with Crippen molar-refractivity contribution in [1.82, 2.24) is 15.3 Å². The largest absolute Gasteiger partial charge is 0.481 e. The van der Waals surface area contributed by atoms with Gasteiger partial charge >= 0.3 is 6.09 Å². The van der Waals surface area contributed by atoms with E-state index in [1.165, 1.54) is 11.3 Å². The van der Waals surface area contributed by atoms with Crippen molar-refractivity contribution in [3.8, 4) is 22.2 Å². The molecule has 0 bridgehead atoms. The fourth-order valence-electron chi connectivity index (χ4n) is 2.01. The summed E-state index contributed by atoms with van der Waals surface area (Å²) in [6.45, 7) is 2.36. The van der Waals surface area contributed by atoms with Gasteiger partial charge in [0, 0.05) is 30.4 Å². The van der Waals surface area contributed by atoms with E-state index < -0.39 is 6.09 Å².